The van der Waals surface area contributed by atoms with Crippen LogP contribution in [0, 0.1) is 0 Å². The average Bonchev–Trinajstić information content (AvgIpc) is 3.27. The zero-order chi connectivity index (χ0) is 18.8. The number of nitrogens with zero attached hydrogens (tertiary/aromatic N) is 3. The van der Waals surface area contributed by atoms with Gasteiger partial charge in [-0.1, -0.05) is 19.3 Å². The fourth-order valence-corrected chi connectivity index (χ4v) is 4.94. The van der Waals surface area contributed by atoms with Crippen LogP contribution in [0.4, 0.5) is 0 Å². The second-order valence-electron chi connectivity index (χ2n) is 8.51. The van der Waals surface area contributed by atoms with Crippen LogP contribution in [-0.2, 0) is 11.3 Å². The molecule has 1 aliphatic carbocycles. The van der Waals surface area contributed by atoms with Crippen molar-refractivity contribution >= 4 is 24.2 Å². The largest absolute Gasteiger partial charge is 0.352 e. The SMILES string of the molecule is CN(C(=O)c1cnn(CC(=O)NC2CCCCC2)c1)C1CC2CCC(C1)N2.Cl. The summed E-state index contributed by atoms with van der Waals surface area (Å²) in [5.74, 6) is -0.0208. The molecule has 156 valence electrons. The van der Waals surface area contributed by atoms with Crippen LogP contribution in [-0.4, -0.2) is 57.7 Å². The Hall–Kier alpha value is -1.60. The quantitative estimate of drug-likeness (QED) is 0.780. The van der Waals surface area contributed by atoms with Crippen molar-refractivity contribution in [3.63, 3.8) is 0 Å². The number of amides is 2. The predicted octanol–water partition coefficient (Wildman–Crippen LogP) is 2.11. The summed E-state index contributed by atoms with van der Waals surface area (Å²) in [6.45, 7) is 0.172. The van der Waals surface area contributed by atoms with Crippen molar-refractivity contribution in [2.75, 3.05) is 7.05 Å². The molecule has 0 spiro atoms. The molecule has 8 heteroatoms. The van der Waals surface area contributed by atoms with E-state index in [9.17, 15) is 9.59 Å². The van der Waals surface area contributed by atoms with Crippen molar-refractivity contribution in [2.45, 2.75) is 88.5 Å². The highest BCUT2D eigenvalue weighted by atomic mass is 35.5. The van der Waals surface area contributed by atoms with Crippen LogP contribution < -0.4 is 10.6 Å². The first kappa shape index (κ1) is 21.1. The normalized spacial score (nSPS) is 27.1. The fraction of sp³-hybridized carbons (Fsp3) is 0.750. The van der Waals surface area contributed by atoms with Gasteiger partial charge in [0.15, 0.2) is 0 Å². The van der Waals surface area contributed by atoms with Gasteiger partial charge in [-0.05, 0) is 38.5 Å². The highest BCUT2D eigenvalue weighted by molar-refractivity contribution is 5.93. The Morgan fingerprint density at radius 3 is 2.54 bits per heavy atom. The number of nitrogens with one attached hydrogen (secondary N) is 2. The molecule has 3 heterocycles. The van der Waals surface area contributed by atoms with Crippen LogP contribution in [0.2, 0.25) is 0 Å². The van der Waals surface area contributed by atoms with Gasteiger partial charge < -0.3 is 15.5 Å². The zero-order valence-corrected chi connectivity index (χ0v) is 17.4. The molecule has 28 heavy (non-hydrogen) atoms. The Labute approximate surface area is 173 Å². The summed E-state index contributed by atoms with van der Waals surface area (Å²) in [4.78, 5) is 27.0. The molecule has 1 aromatic heterocycles. The molecule has 1 aromatic rings. The summed E-state index contributed by atoms with van der Waals surface area (Å²) in [7, 11) is 1.89. The number of hydrogen-bond donors (Lipinski definition) is 2. The molecule has 7 nitrogen and oxygen atoms in total. The molecule has 2 unspecified atom stereocenters. The number of carbonyl (C=O) groups excluding carboxylic acids is 2. The molecular formula is C20H32ClN5O2. The molecule has 4 rings (SSSR count). The lowest BCUT2D eigenvalue weighted by atomic mass is 9.95. The fourth-order valence-electron chi connectivity index (χ4n) is 4.94. The number of hydrogen-bond acceptors (Lipinski definition) is 4. The van der Waals surface area contributed by atoms with E-state index >= 15 is 0 Å². The van der Waals surface area contributed by atoms with Crippen LogP contribution in [0.15, 0.2) is 12.4 Å². The van der Waals surface area contributed by atoms with E-state index in [4.69, 9.17) is 0 Å². The Balaban J connectivity index is 0.00000225. The van der Waals surface area contributed by atoms with Crippen molar-refractivity contribution in [1.82, 2.24) is 25.3 Å². The van der Waals surface area contributed by atoms with E-state index in [1.165, 1.54) is 32.1 Å². The third kappa shape index (κ3) is 4.87. The third-order valence-electron chi connectivity index (χ3n) is 6.47. The summed E-state index contributed by atoms with van der Waals surface area (Å²) < 4.78 is 1.57. The van der Waals surface area contributed by atoms with Gasteiger partial charge in [-0.2, -0.15) is 5.10 Å². The van der Waals surface area contributed by atoms with E-state index in [1.807, 2.05) is 11.9 Å². The maximum atomic E-state index is 12.8. The van der Waals surface area contributed by atoms with E-state index in [2.05, 4.69) is 15.7 Å². The van der Waals surface area contributed by atoms with Crippen LogP contribution in [0.5, 0.6) is 0 Å². The first-order valence-electron chi connectivity index (χ1n) is 10.4. The first-order chi connectivity index (χ1) is 13.1. The summed E-state index contributed by atoms with van der Waals surface area (Å²) in [6.07, 6.45) is 13.6. The van der Waals surface area contributed by atoms with Gasteiger partial charge >= 0.3 is 0 Å². The topological polar surface area (TPSA) is 79.3 Å². The molecule has 2 aliphatic heterocycles. The van der Waals surface area contributed by atoms with Gasteiger partial charge in [0.25, 0.3) is 5.91 Å². The Kier molecular flexibility index (Phi) is 6.99. The van der Waals surface area contributed by atoms with Crippen molar-refractivity contribution in [2.24, 2.45) is 0 Å². The minimum atomic E-state index is -0.0210. The molecule has 2 amide bonds. The van der Waals surface area contributed by atoms with Gasteiger partial charge in [0.05, 0.1) is 11.8 Å². The van der Waals surface area contributed by atoms with E-state index in [-0.39, 0.29) is 36.8 Å². The number of fused-ring (bicyclic) bond motifs is 2. The summed E-state index contributed by atoms with van der Waals surface area (Å²) >= 11 is 0. The summed E-state index contributed by atoms with van der Waals surface area (Å²) in [5.41, 5.74) is 0.564. The number of aromatic nitrogens is 2. The molecule has 2 atom stereocenters. The molecular weight excluding hydrogens is 378 g/mol. The summed E-state index contributed by atoms with van der Waals surface area (Å²) in [6, 6.07) is 1.68. The Morgan fingerprint density at radius 1 is 1.18 bits per heavy atom. The van der Waals surface area contributed by atoms with Crippen LogP contribution >= 0.6 is 12.4 Å². The van der Waals surface area contributed by atoms with Gasteiger partial charge in [-0.15, -0.1) is 12.4 Å². The van der Waals surface area contributed by atoms with Gasteiger partial charge in [-0.3, -0.25) is 14.3 Å². The minimum Gasteiger partial charge on any atom is -0.352 e. The zero-order valence-electron chi connectivity index (χ0n) is 16.6. The maximum absolute atomic E-state index is 12.8. The van der Waals surface area contributed by atoms with Crippen molar-refractivity contribution in [3.8, 4) is 0 Å². The molecule has 1 saturated carbocycles. The number of piperidine rings is 1. The lowest BCUT2D eigenvalue weighted by Gasteiger charge is -2.35. The standard InChI is InChI=1S/C20H31N5O2.ClH/c1-24(18-9-16-7-8-17(10-18)22-16)20(27)14-11-21-25(12-14)13-19(26)23-15-5-3-2-4-6-15;/h11-12,15-18,22H,2-10,13H2,1H3,(H,23,26);1H. The molecule has 0 aromatic carbocycles. The number of rotatable bonds is 5. The maximum Gasteiger partial charge on any atom is 0.257 e. The highest BCUT2D eigenvalue weighted by Crippen LogP contribution is 2.29. The molecule has 3 aliphatic rings. The van der Waals surface area contributed by atoms with Crippen molar-refractivity contribution < 1.29 is 9.59 Å². The van der Waals surface area contributed by atoms with Crippen LogP contribution in [0.3, 0.4) is 0 Å². The lowest BCUT2D eigenvalue weighted by molar-refractivity contribution is -0.122. The first-order valence-corrected chi connectivity index (χ1v) is 10.4. The predicted molar refractivity (Wildman–Crippen MR) is 110 cm³/mol. The molecule has 2 N–H and O–H groups in total. The second kappa shape index (κ2) is 9.27. The van der Waals surface area contributed by atoms with Gasteiger partial charge in [0, 0.05) is 37.4 Å². The number of carbonyl (C=O) groups is 2. The minimum absolute atomic E-state index is 0. The Morgan fingerprint density at radius 2 is 1.86 bits per heavy atom. The van der Waals surface area contributed by atoms with Gasteiger partial charge in [0.1, 0.15) is 6.54 Å². The van der Waals surface area contributed by atoms with E-state index in [1.54, 1.807) is 17.1 Å². The Bertz CT molecular complexity index is 676. The van der Waals surface area contributed by atoms with Gasteiger partial charge in [-0.25, -0.2) is 0 Å². The smallest absolute Gasteiger partial charge is 0.257 e. The van der Waals surface area contributed by atoms with E-state index < -0.39 is 0 Å². The highest BCUT2D eigenvalue weighted by Gasteiger charge is 2.36. The lowest BCUT2D eigenvalue weighted by Crippen LogP contribution is -2.48. The molecule has 2 bridgehead atoms. The number of halogens is 1. The van der Waals surface area contributed by atoms with Crippen LogP contribution in [0.25, 0.3) is 0 Å². The van der Waals surface area contributed by atoms with Crippen LogP contribution in [0.1, 0.15) is 68.1 Å². The average molecular weight is 410 g/mol. The third-order valence-corrected chi connectivity index (χ3v) is 6.47. The molecule has 2 saturated heterocycles. The molecule has 3 fully saturated rings. The van der Waals surface area contributed by atoms with E-state index in [0.29, 0.717) is 23.7 Å². The van der Waals surface area contributed by atoms with Crippen molar-refractivity contribution in [1.29, 1.82) is 0 Å². The van der Waals surface area contributed by atoms with Gasteiger partial charge in [0.2, 0.25) is 5.91 Å². The van der Waals surface area contributed by atoms with Crippen molar-refractivity contribution in [3.05, 3.63) is 18.0 Å². The second-order valence-corrected chi connectivity index (χ2v) is 8.51. The molecule has 0 radical (unpaired) electrons. The summed E-state index contributed by atoms with van der Waals surface area (Å²) in [5, 5.41) is 10.9. The monoisotopic (exact) mass is 409 g/mol. The van der Waals surface area contributed by atoms with E-state index in [0.717, 1.165) is 25.7 Å².